The lowest BCUT2D eigenvalue weighted by molar-refractivity contribution is 0.0709. The Morgan fingerprint density at radius 1 is 1.43 bits per heavy atom. The molecule has 4 nitrogen and oxygen atoms in total. The van der Waals surface area contributed by atoms with E-state index in [2.05, 4.69) is 4.98 Å². The summed E-state index contributed by atoms with van der Waals surface area (Å²) in [7, 11) is 0. The number of hydrogen-bond acceptors (Lipinski definition) is 2. The van der Waals surface area contributed by atoms with Gasteiger partial charge in [0.15, 0.2) is 0 Å². The zero-order valence-electron chi connectivity index (χ0n) is 11.7. The number of hydrogen-bond donors (Lipinski definition) is 2. The Balaban J connectivity index is 1.93. The molecule has 0 saturated carbocycles. The van der Waals surface area contributed by atoms with E-state index in [1.54, 1.807) is 23.2 Å². The summed E-state index contributed by atoms with van der Waals surface area (Å²) in [4.78, 5) is 17.2. The molecule has 21 heavy (non-hydrogen) atoms. The number of β-amino-alcohol motifs (C(OH)–C–C–N with tert-alkyl or cyclic N) is 1. The lowest BCUT2D eigenvalue weighted by Gasteiger charge is -2.24. The van der Waals surface area contributed by atoms with Crippen molar-refractivity contribution >= 4 is 5.91 Å². The minimum atomic E-state index is -0.586. The summed E-state index contributed by atoms with van der Waals surface area (Å²) in [6.07, 6.45) is 1.55. The van der Waals surface area contributed by atoms with Crippen LogP contribution in [-0.4, -0.2) is 33.5 Å². The van der Waals surface area contributed by atoms with Crippen LogP contribution in [0.5, 0.6) is 0 Å². The first-order chi connectivity index (χ1) is 10.1. The summed E-state index contributed by atoms with van der Waals surface area (Å²) in [5.41, 5.74) is 2.09. The summed E-state index contributed by atoms with van der Waals surface area (Å²) in [5, 5.41) is 9.92. The van der Waals surface area contributed by atoms with E-state index in [0.29, 0.717) is 17.7 Å². The first-order valence-corrected chi connectivity index (χ1v) is 6.94. The molecule has 1 aromatic carbocycles. The van der Waals surface area contributed by atoms with E-state index in [1.807, 2.05) is 13.0 Å². The highest BCUT2D eigenvalue weighted by Gasteiger charge is 2.36. The molecule has 1 amide bonds. The fourth-order valence-corrected chi connectivity index (χ4v) is 2.89. The minimum Gasteiger partial charge on any atom is -0.391 e. The fraction of sp³-hybridized carbons (Fsp3) is 0.312. The molecule has 1 aromatic heterocycles. The van der Waals surface area contributed by atoms with Gasteiger partial charge >= 0.3 is 0 Å². The third kappa shape index (κ3) is 2.56. The van der Waals surface area contributed by atoms with Crippen LogP contribution in [0.15, 0.2) is 36.5 Å². The Hall–Kier alpha value is -2.14. The van der Waals surface area contributed by atoms with E-state index in [0.717, 1.165) is 5.56 Å². The van der Waals surface area contributed by atoms with Crippen molar-refractivity contribution in [1.29, 1.82) is 0 Å². The average molecular weight is 288 g/mol. The number of nitrogens with zero attached hydrogens (tertiary/aromatic N) is 1. The number of aromatic nitrogens is 1. The normalized spacial score (nSPS) is 21.8. The number of amides is 1. The van der Waals surface area contributed by atoms with Crippen LogP contribution in [0.4, 0.5) is 4.39 Å². The number of aryl methyl sites for hydroxylation is 1. The highest BCUT2D eigenvalue weighted by Crippen LogP contribution is 2.33. The molecule has 0 bridgehead atoms. The van der Waals surface area contributed by atoms with E-state index < -0.39 is 6.10 Å². The number of carbonyl (C=O) groups is 1. The summed E-state index contributed by atoms with van der Waals surface area (Å²) >= 11 is 0. The van der Waals surface area contributed by atoms with E-state index in [9.17, 15) is 14.3 Å². The molecular weight excluding hydrogens is 271 g/mol. The second-order valence-electron chi connectivity index (χ2n) is 5.45. The van der Waals surface area contributed by atoms with Crippen LogP contribution in [-0.2, 0) is 0 Å². The number of nitrogens with one attached hydrogen (secondary N) is 1. The zero-order valence-corrected chi connectivity index (χ0v) is 11.7. The lowest BCUT2D eigenvalue weighted by Crippen LogP contribution is -2.32. The standard InChI is InChI=1S/C16H17FN2O2/c1-10-5-6-18-15(10)16(21)19-9-13(20)8-14(19)11-3-2-4-12(17)7-11/h2-7,13-14,18,20H,8-9H2,1H3/t13-,14+/m1/s1. The summed E-state index contributed by atoms with van der Waals surface area (Å²) < 4.78 is 13.4. The number of carbonyl (C=O) groups excluding carboxylic acids is 1. The van der Waals surface area contributed by atoms with Gasteiger partial charge in [0.05, 0.1) is 12.1 Å². The van der Waals surface area contributed by atoms with Crippen LogP contribution in [0.1, 0.15) is 34.1 Å². The van der Waals surface area contributed by atoms with E-state index in [4.69, 9.17) is 0 Å². The van der Waals surface area contributed by atoms with Crippen LogP contribution < -0.4 is 0 Å². The maximum atomic E-state index is 13.4. The van der Waals surface area contributed by atoms with Gasteiger partial charge in [-0.3, -0.25) is 4.79 Å². The predicted octanol–water partition coefficient (Wildman–Crippen LogP) is 2.41. The highest BCUT2D eigenvalue weighted by atomic mass is 19.1. The van der Waals surface area contributed by atoms with Gasteiger partial charge in [0.2, 0.25) is 0 Å². The van der Waals surface area contributed by atoms with Gasteiger partial charge in [0.1, 0.15) is 11.5 Å². The minimum absolute atomic E-state index is 0.164. The third-order valence-corrected chi connectivity index (χ3v) is 3.94. The molecule has 0 unspecified atom stereocenters. The summed E-state index contributed by atoms with van der Waals surface area (Å²) in [6.45, 7) is 2.12. The Labute approximate surface area is 122 Å². The predicted molar refractivity (Wildman–Crippen MR) is 76.3 cm³/mol. The molecule has 2 atom stereocenters. The summed E-state index contributed by atoms with van der Waals surface area (Å²) in [6, 6.07) is 7.73. The molecule has 1 saturated heterocycles. The maximum Gasteiger partial charge on any atom is 0.271 e. The molecule has 0 radical (unpaired) electrons. The lowest BCUT2D eigenvalue weighted by atomic mass is 10.0. The first-order valence-electron chi connectivity index (χ1n) is 6.94. The number of H-pyrrole nitrogens is 1. The largest absolute Gasteiger partial charge is 0.391 e. The van der Waals surface area contributed by atoms with Crippen LogP contribution in [0.3, 0.4) is 0 Å². The van der Waals surface area contributed by atoms with Crippen molar-refractivity contribution in [2.75, 3.05) is 6.54 Å². The number of benzene rings is 1. The van der Waals surface area contributed by atoms with Gasteiger partial charge < -0.3 is 15.0 Å². The van der Waals surface area contributed by atoms with E-state index >= 15 is 0 Å². The molecular formula is C16H17FN2O2. The molecule has 1 fully saturated rings. The SMILES string of the molecule is Cc1cc[nH]c1C(=O)N1C[C@H](O)C[C@H]1c1cccc(F)c1. The van der Waals surface area contributed by atoms with Crippen molar-refractivity contribution in [3.05, 3.63) is 59.2 Å². The number of aromatic amines is 1. The Kier molecular flexibility index (Phi) is 3.51. The monoisotopic (exact) mass is 288 g/mol. The highest BCUT2D eigenvalue weighted by molar-refractivity contribution is 5.94. The molecule has 110 valence electrons. The number of halogens is 1. The molecule has 3 rings (SSSR count). The number of aliphatic hydroxyl groups excluding tert-OH is 1. The van der Waals surface area contributed by atoms with Crippen molar-refractivity contribution in [1.82, 2.24) is 9.88 Å². The molecule has 2 aromatic rings. The van der Waals surface area contributed by atoms with Gasteiger partial charge in [0.25, 0.3) is 5.91 Å². The first kappa shape index (κ1) is 13.8. The van der Waals surface area contributed by atoms with Crippen LogP contribution in [0.2, 0.25) is 0 Å². The zero-order chi connectivity index (χ0) is 15.0. The number of rotatable bonds is 2. The Bertz CT molecular complexity index is 668. The van der Waals surface area contributed by atoms with Crippen molar-refractivity contribution in [2.45, 2.75) is 25.5 Å². The number of aliphatic hydroxyl groups is 1. The second kappa shape index (κ2) is 5.33. The van der Waals surface area contributed by atoms with Gasteiger partial charge in [-0.1, -0.05) is 12.1 Å². The number of likely N-dealkylation sites (tertiary alicyclic amines) is 1. The van der Waals surface area contributed by atoms with Crippen LogP contribution >= 0.6 is 0 Å². The second-order valence-corrected chi connectivity index (χ2v) is 5.45. The molecule has 5 heteroatoms. The van der Waals surface area contributed by atoms with Gasteiger partial charge in [-0.25, -0.2) is 4.39 Å². The Morgan fingerprint density at radius 3 is 2.90 bits per heavy atom. The van der Waals surface area contributed by atoms with Crippen molar-refractivity contribution < 1.29 is 14.3 Å². The van der Waals surface area contributed by atoms with Gasteiger partial charge in [0, 0.05) is 12.7 Å². The van der Waals surface area contributed by atoms with E-state index in [-0.39, 0.29) is 24.3 Å². The molecule has 2 N–H and O–H groups in total. The molecule has 2 heterocycles. The van der Waals surface area contributed by atoms with Gasteiger partial charge in [-0.2, -0.15) is 0 Å². The molecule has 1 aliphatic rings. The van der Waals surface area contributed by atoms with Crippen molar-refractivity contribution in [3.8, 4) is 0 Å². The Morgan fingerprint density at radius 2 is 2.24 bits per heavy atom. The average Bonchev–Trinajstić information content (AvgIpc) is 3.04. The van der Waals surface area contributed by atoms with Gasteiger partial charge in [-0.15, -0.1) is 0 Å². The van der Waals surface area contributed by atoms with Gasteiger partial charge in [-0.05, 0) is 42.7 Å². The third-order valence-electron chi connectivity index (χ3n) is 3.94. The van der Waals surface area contributed by atoms with E-state index in [1.165, 1.54) is 12.1 Å². The van der Waals surface area contributed by atoms with Crippen molar-refractivity contribution in [3.63, 3.8) is 0 Å². The molecule has 0 spiro atoms. The summed E-state index contributed by atoms with van der Waals surface area (Å²) in [5.74, 6) is -0.499. The van der Waals surface area contributed by atoms with Crippen LogP contribution in [0, 0.1) is 12.7 Å². The molecule has 0 aliphatic carbocycles. The maximum absolute atomic E-state index is 13.4. The fourth-order valence-electron chi connectivity index (χ4n) is 2.89. The quantitative estimate of drug-likeness (QED) is 0.891. The topological polar surface area (TPSA) is 56.3 Å². The smallest absolute Gasteiger partial charge is 0.271 e. The van der Waals surface area contributed by atoms with Crippen LogP contribution in [0.25, 0.3) is 0 Å². The molecule has 1 aliphatic heterocycles. The van der Waals surface area contributed by atoms with Crippen molar-refractivity contribution in [2.24, 2.45) is 0 Å².